The van der Waals surface area contributed by atoms with Gasteiger partial charge in [0.15, 0.2) is 11.5 Å². The first-order valence-electron chi connectivity index (χ1n) is 10.7. The van der Waals surface area contributed by atoms with Crippen molar-refractivity contribution < 1.29 is 19.1 Å². The molecule has 1 heterocycles. The summed E-state index contributed by atoms with van der Waals surface area (Å²) in [6, 6.07) is 19.9. The minimum absolute atomic E-state index is 0.193. The number of nitrogens with one attached hydrogen (secondary N) is 1. The summed E-state index contributed by atoms with van der Waals surface area (Å²) in [6.07, 6.45) is 1.63. The third-order valence-corrected chi connectivity index (χ3v) is 6.05. The Morgan fingerprint density at radius 2 is 1.68 bits per heavy atom. The van der Waals surface area contributed by atoms with Crippen molar-refractivity contribution in [3.63, 3.8) is 0 Å². The van der Waals surface area contributed by atoms with E-state index in [0.717, 1.165) is 11.1 Å². The Hall–Kier alpha value is -3.29. The number of halogens is 2. The number of carbonyl (C=O) groups is 2. The Morgan fingerprint density at radius 3 is 2.38 bits per heavy atom. The molecule has 1 fully saturated rings. The first-order valence-corrected chi connectivity index (χ1v) is 11.8. The number of imide groups is 1. The molecule has 1 saturated heterocycles. The largest absolute Gasteiger partial charge is 0.490 e. The maximum absolute atomic E-state index is 12.9. The molecule has 3 aromatic rings. The number of benzene rings is 3. The molecule has 8 heteroatoms. The molecule has 3 amide bonds. The van der Waals surface area contributed by atoms with E-state index in [9.17, 15) is 9.59 Å². The second kappa shape index (κ2) is 10.8. The SMILES string of the molecule is CCOc1cc(/C=C2/NC(=O)N(Cc3ccccc3)C2=O)c(Br)cc1OCc1ccc(Cl)cc1. The van der Waals surface area contributed by atoms with Crippen molar-refractivity contribution in [2.45, 2.75) is 20.1 Å². The standard InChI is InChI=1S/C26H22BrClN2O4/c1-2-33-23-13-19(21(27)14-24(23)34-16-18-8-10-20(28)11-9-18)12-22-25(31)30(26(32)29-22)15-17-6-4-3-5-7-17/h3-14H,2,15-16H2,1H3,(H,29,32)/b22-12+. The summed E-state index contributed by atoms with van der Waals surface area (Å²) < 4.78 is 12.4. The summed E-state index contributed by atoms with van der Waals surface area (Å²) in [5, 5.41) is 3.32. The quantitative estimate of drug-likeness (QED) is 0.273. The zero-order valence-electron chi connectivity index (χ0n) is 18.4. The number of hydrogen-bond donors (Lipinski definition) is 1. The van der Waals surface area contributed by atoms with Gasteiger partial charge in [0.05, 0.1) is 13.2 Å². The van der Waals surface area contributed by atoms with E-state index in [0.29, 0.717) is 39.8 Å². The molecule has 174 valence electrons. The normalized spacial score (nSPS) is 14.4. The van der Waals surface area contributed by atoms with Crippen LogP contribution >= 0.6 is 27.5 Å². The zero-order valence-corrected chi connectivity index (χ0v) is 20.7. The number of ether oxygens (including phenoxy) is 2. The topological polar surface area (TPSA) is 67.9 Å². The molecule has 0 bridgehead atoms. The van der Waals surface area contributed by atoms with Gasteiger partial charge < -0.3 is 14.8 Å². The predicted octanol–water partition coefficient (Wildman–Crippen LogP) is 6.17. The highest BCUT2D eigenvalue weighted by Gasteiger charge is 2.33. The van der Waals surface area contributed by atoms with Gasteiger partial charge in [-0.05, 0) is 54.0 Å². The van der Waals surface area contributed by atoms with Crippen molar-refractivity contribution in [2.75, 3.05) is 6.61 Å². The summed E-state index contributed by atoms with van der Waals surface area (Å²) in [5.74, 6) is 0.699. The molecule has 0 atom stereocenters. The van der Waals surface area contributed by atoms with Crippen LogP contribution in [0.25, 0.3) is 6.08 Å². The zero-order chi connectivity index (χ0) is 24.1. The van der Waals surface area contributed by atoms with E-state index in [1.54, 1.807) is 18.2 Å². The van der Waals surface area contributed by atoms with Crippen LogP contribution < -0.4 is 14.8 Å². The minimum Gasteiger partial charge on any atom is -0.490 e. The lowest BCUT2D eigenvalue weighted by Gasteiger charge is -2.14. The summed E-state index contributed by atoms with van der Waals surface area (Å²) in [4.78, 5) is 26.5. The van der Waals surface area contributed by atoms with Gasteiger partial charge in [-0.3, -0.25) is 9.69 Å². The van der Waals surface area contributed by atoms with Gasteiger partial charge >= 0.3 is 6.03 Å². The fraction of sp³-hybridized carbons (Fsp3) is 0.154. The molecule has 6 nitrogen and oxygen atoms in total. The van der Waals surface area contributed by atoms with Crippen LogP contribution in [0.3, 0.4) is 0 Å². The van der Waals surface area contributed by atoms with E-state index in [4.69, 9.17) is 21.1 Å². The number of rotatable bonds is 8. The average Bonchev–Trinajstić information content (AvgIpc) is 3.09. The molecule has 4 rings (SSSR count). The van der Waals surface area contributed by atoms with Crippen LogP contribution in [0.5, 0.6) is 11.5 Å². The van der Waals surface area contributed by atoms with Crippen LogP contribution in [0.2, 0.25) is 5.02 Å². The molecule has 1 aliphatic heterocycles. The highest BCUT2D eigenvalue weighted by atomic mass is 79.9. The number of amides is 3. The van der Waals surface area contributed by atoms with Crippen molar-refractivity contribution in [3.8, 4) is 11.5 Å². The van der Waals surface area contributed by atoms with E-state index in [2.05, 4.69) is 21.2 Å². The van der Waals surface area contributed by atoms with Crippen LogP contribution in [-0.4, -0.2) is 23.4 Å². The number of urea groups is 1. The number of nitrogens with zero attached hydrogens (tertiary/aromatic N) is 1. The molecule has 1 N–H and O–H groups in total. The van der Waals surface area contributed by atoms with Crippen LogP contribution in [0, 0.1) is 0 Å². The van der Waals surface area contributed by atoms with E-state index in [1.807, 2.05) is 61.5 Å². The third-order valence-electron chi connectivity index (χ3n) is 5.12. The molecule has 3 aromatic carbocycles. The number of hydrogen-bond acceptors (Lipinski definition) is 4. The average molecular weight is 542 g/mol. The Labute approximate surface area is 211 Å². The van der Waals surface area contributed by atoms with E-state index < -0.39 is 6.03 Å². The molecule has 0 spiro atoms. The van der Waals surface area contributed by atoms with Crippen molar-refractivity contribution in [1.29, 1.82) is 0 Å². The summed E-state index contributed by atoms with van der Waals surface area (Å²) in [6.45, 7) is 2.86. The van der Waals surface area contributed by atoms with Gasteiger partial charge in [-0.25, -0.2) is 4.79 Å². The first-order chi connectivity index (χ1) is 16.4. The monoisotopic (exact) mass is 540 g/mol. The highest BCUT2D eigenvalue weighted by Crippen LogP contribution is 2.36. The summed E-state index contributed by atoms with van der Waals surface area (Å²) >= 11 is 9.49. The molecule has 34 heavy (non-hydrogen) atoms. The lowest BCUT2D eigenvalue weighted by molar-refractivity contribution is -0.123. The molecular formula is C26H22BrClN2O4. The van der Waals surface area contributed by atoms with Gasteiger partial charge in [0.1, 0.15) is 12.3 Å². The van der Waals surface area contributed by atoms with E-state index in [-0.39, 0.29) is 18.1 Å². The van der Waals surface area contributed by atoms with Gasteiger partial charge in [0.25, 0.3) is 5.91 Å². The molecular weight excluding hydrogens is 520 g/mol. The van der Waals surface area contributed by atoms with Crippen molar-refractivity contribution in [2.24, 2.45) is 0 Å². The molecule has 0 radical (unpaired) electrons. The van der Waals surface area contributed by atoms with Gasteiger partial charge in [-0.1, -0.05) is 70.0 Å². The van der Waals surface area contributed by atoms with E-state index in [1.165, 1.54) is 4.90 Å². The summed E-state index contributed by atoms with van der Waals surface area (Å²) in [7, 11) is 0. The molecule has 0 aromatic heterocycles. The second-order valence-corrected chi connectivity index (χ2v) is 8.82. The second-order valence-electron chi connectivity index (χ2n) is 7.53. The third kappa shape index (κ3) is 5.61. The van der Waals surface area contributed by atoms with E-state index >= 15 is 0 Å². The van der Waals surface area contributed by atoms with Crippen molar-refractivity contribution in [1.82, 2.24) is 10.2 Å². The molecule has 0 saturated carbocycles. The van der Waals surface area contributed by atoms with Crippen LogP contribution in [0.4, 0.5) is 4.79 Å². The van der Waals surface area contributed by atoms with Crippen molar-refractivity contribution in [3.05, 3.63) is 98.6 Å². The predicted molar refractivity (Wildman–Crippen MR) is 135 cm³/mol. The lowest BCUT2D eigenvalue weighted by Crippen LogP contribution is -2.30. The van der Waals surface area contributed by atoms with Gasteiger partial charge in [0.2, 0.25) is 0 Å². The highest BCUT2D eigenvalue weighted by molar-refractivity contribution is 9.10. The smallest absolute Gasteiger partial charge is 0.329 e. The Balaban J connectivity index is 1.55. The Kier molecular flexibility index (Phi) is 7.55. The minimum atomic E-state index is -0.454. The van der Waals surface area contributed by atoms with Crippen LogP contribution in [0.1, 0.15) is 23.6 Å². The maximum Gasteiger partial charge on any atom is 0.329 e. The van der Waals surface area contributed by atoms with Gasteiger partial charge in [-0.15, -0.1) is 0 Å². The lowest BCUT2D eigenvalue weighted by atomic mass is 10.1. The molecule has 0 unspecified atom stereocenters. The Bertz CT molecular complexity index is 1230. The molecule has 0 aliphatic carbocycles. The summed E-state index contributed by atoms with van der Waals surface area (Å²) in [5.41, 5.74) is 2.70. The number of carbonyl (C=O) groups excluding carboxylic acids is 2. The fourth-order valence-electron chi connectivity index (χ4n) is 3.42. The van der Waals surface area contributed by atoms with Crippen LogP contribution in [-0.2, 0) is 17.9 Å². The van der Waals surface area contributed by atoms with Crippen LogP contribution in [0.15, 0.2) is 76.9 Å². The van der Waals surface area contributed by atoms with Gasteiger partial charge in [0, 0.05) is 9.50 Å². The maximum atomic E-state index is 12.9. The van der Waals surface area contributed by atoms with Gasteiger partial charge in [-0.2, -0.15) is 0 Å². The molecule has 1 aliphatic rings. The van der Waals surface area contributed by atoms with Crippen molar-refractivity contribution >= 4 is 45.5 Å². The Morgan fingerprint density at radius 1 is 0.971 bits per heavy atom. The fourth-order valence-corrected chi connectivity index (χ4v) is 3.98. The first kappa shape index (κ1) is 23.9.